The molecule has 0 bridgehead atoms. The van der Waals surface area contributed by atoms with Gasteiger partial charge in [-0.1, -0.05) is 36.2 Å². The van der Waals surface area contributed by atoms with Gasteiger partial charge in [0.1, 0.15) is 5.75 Å². The van der Waals surface area contributed by atoms with Crippen molar-refractivity contribution in [2.45, 2.75) is 26.0 Å². The van der Waals surface area contributed by atoms with E-state index in [0.29, 0.717) is 28.8 Å². The first-order chi connectivity index (χ1) is 10.1. The predicted molar refractivity (Wildman–Crippen MR) is 87.3 cm³/mol. The molecule has 1 aromatic carbocycles. The van der Waals surface area contributed by atoms with Crippen LogP contribution in [0.5, 0.6) is 5.75 Å². The number of halogens is 2. The number of benzene rings is 1. The molecule has 0 saturated heterocycles. The van der Waals surface area contributed by atoms with Gasteiger partial charge in [-0.3, -0.25) is 4.79 Å². The molecule has 1 amide bonds. The molecule has 0 radical (unpaired) electrons. The summed E-state index contributed by atoms with van der Waals surface area (Å²) in [6.07, 6.45) is 0.0125. The van der Waals surface area contributed by atoms with Crippen molar-refractivity contribution in [1.29, 1.82) is 0 Å². The summed E-state index contributed by atoms with van der Waals surface area (Å²) < 4.78 is 5.68. The Morgan fingerprint density at radius 2 is 2.14 bits per heavy atom. The normalized spacial score (nSPS) is 12.0. The fraction of sp³-hybridized carbons (Fsp3) is 0.267. The summed E-state index contributed by atoms with van der Waals surface area (Å²) in [7, 11) is 0. The molecule has 1 aromatic heterocycles. The highest BCUT2D eigenvalue weighted by atomic mass is 35.5. The predicted octanol–water partition coefficient (Wildman–Crippen LogP) is 4.53. The Morgan fingerprint density at radius 3 is 2.76 bits per heavy atom. The largest absolute Gasteiger partial charge is 0.481 e. The summed E-state index contributed by atoms with van der Waals surface area (Å²) in [5.74, 6) is 0.388. The minimum atomic E-state index is -0.554. The lowest BCUT2D eigenvalue weighted by molar-refractivity contribution is -0.128. The van der Waals surface area contributed by atoms with Crippen LogP contribution in [-0.2, 0) is 11.3 Å². The molecule has 0 spiro atoms. The van der Waals surface area contributed by atoms with E-state index in [4.69, 9.17) is 27.9 Å². The third-order valence-corrected chi connectivity index (χ3v) is 4.46. The van der Waals surface area contributed by atoms with Crippen molar-refractivity contribution in [3.05, 3.63) is 50.6 Å². The SMILES string of the molecule is CCC(Oc1ccc(Cl)c(Cl)c1)C(=O)NCc1cccs1. The molecule has 112 valence electrons. The lowest BCUT2D eigenvalue weighted by Crippen LogP contribution is -2.37. The lowest BCUT2D eigenvalue weighted by atomic mass is 10.2. The zero-order valence-corrected chi connectivity index (χ0v) is 13.8. The fourth-order valence-corrected chi connectivity index (χ4v) is 2.67. The number of ether oxygens (including phenoxy) is 1. The van der Waals surface area contributed by atoms with Crippen LogP contribution < -0.4 is 10.1 Å². The summed E-state index contributed by atoms with van der Waals surface area (Å²) in [5.41, 5.74) is 0. The molecule has 0 saturated carbocycles. The molecular weight excluding hydrogens is 329 g/mol. The second-order valence-electron chi connectivity index (χ2n) is 4.39. The molecule has 1 N–H and O–H groups in total. The van der Waals surface area contributed by atoms with E-state index in [0.717, 1.165) is 4.88 Å². The van der Waals surface area contributed by atoms with Gasteiger partial charge >= 0.3 is 0 Å². The van der Waals surface area contributed by atoms with E-state index in [-0.39, 0.29) is 5.91 Å². The third-order valence-electron chi connectivity index (χ3n) is 2.85. The van der Waals surface area contributed by atoms with Gasteiger partial charge in [0.15, 0.2) is 6.10 Å². The second-order valence-corrected chi connectivity index (χ2v) is 6.23. The standard InChI is InChI=1S/C15H15Cl2NO2S/c1-2-14(15(19)18-9-11-4-3-7-21-11)20-10-5-6-12(16)13(17)8-10/h3-8,14H,2,9H2,1H3,(H,18,19). The number of carbonyl (C=O) groups is 1. The number of thiophene rings is 1. The van der Waals surface area contributed by atoms with Crippen molar-refractivity contribution in [1.82, 2.24) is 5.32 Å². The fourth-order valence-electron chi connectivity index (χ4n) is 1.74. The lowest BCUT2D eigenvalue weighted by Gasteiger charge is -2.17. The number of amides is 1. The van der Waals surface area contributed by atoms with Gasteiger partial charge < -0.3 is 10.1 Å². The molecule has 0 aliphatic carbocycles. The maximum atomic E-state index is 12.1. The molecule has 0 aliphatic rings. The van der Waals surface area contributed by atoms with Crippen LogP contribution in [0.1, 0.15) is 18.2 Å². The summed E-state index contributed by atoms with van der Waals surface area (Å²) in [6, 6.07) is 8.89. The van der Waals surface area contributed by atoms with Gasteiger partial charge in [0.25, 0.3) is 5.91 Å². The van der Waals surface area contributed by atoms with Crippen LogP contribution in [0.2, 0.25) is 10.0 Å². The van der Waals surface area contributed by atoms with Crippen LogP contribution >= 0.6 is 34.5 Å². The van der Waals surface area contributed by atoms with Gasteiger partial charge in [-0.25, -0.2) is 0 Å². The quantitative estimate of drug-likeness (QED) is 0.836. The molecule has 0 aliphatic heterocycles. The van der Waals surface area contributed by atoms with Gasteiger partial charge in [-0.2, -0.15) is 0 Å². The van der Waals surface area contributed by atoms with E-state index in [9.17, 15) is 4.79 Å². The molecule has 21 heavy (non-hydrogen) atoms. The Bertz CT molecular complexity index is 602. The van der Waals surface area contributed by atoms with E-state index in [1.807, 2.05) is 24.4 Å². The Labute approximate surface area is 137 Å². The average molecular weight is 344 g/mol. The van der Waals surface area contributed by atoms with Gasteiger partial charge in [-0.15, -0.1) is 11.3 Å². The van der Waals surface area contributed by atoms with Crippen molar-refractivity contribution in [2.75, 3.05) is 0 Å². The minimum absolute atomic E-state index is 0.142. The summed E-state index contributed by atoms with van der Waals surface area (Å²) in [6.45, 7) is 2.41. The smallest absolute Gasteiger partial charge is 0.261 e. The highest BCUT2D eigenvalue weighted by Crippen LogP contribution is 2.27. The number of hydrogen-bond donors (Lipinski definition) is 1. The van der Waals surface area contributed by atoms with Crippen LogP contribution in [-0.4, -0.2) is 12.0 Å². The molecule has 6 heteroatoms. The Kier molecular flexibility index (Phi) is 5.91. The molecule has 2 rings (SSSR count). The maximum Gasteiger partial charge on any atom is 0.261 e. The highest BCUT2D eigenvalue weighted by Gasteiger charge is 2.18. The topological polar surface area (TPSA) is 38.3 Å². The van der Waals surface area contributed by atoms with Crippen molar-refractivity contribution in [3.8, 4) is 5.75 Å². The molecular formula is C15H15Cl2NO2S. The molecule has 1 atom stereocenters. The average Bonchev–Trinajstić information content (AvgIpc) is 2.99. The molecule has 1 unspecified atom stereocenters. The van der Waals surface area contributed by atoms with Gasteiger partial charge in [-0.05, 0) is 30.0 Å². The molecule has 0 fully saturated rings. The number of hydrogen-bond acceptors (Lipinski definition) is 3. The first-order valence-electron chi connectivity index (χ1n) is 6.52. The van der Waals surface area contributed by atoms with E-state index in [1.165, 1.54) is 0 Å². The Morgan fingerprint density at radius 1 is 1.33 bits per heavy atom. The monoisotopic (exact) mass is 343 g/mol. The maximum absolute atomic E-state index is 12.1. The van der Waals surface area contributed by atoms with E-state index < -0.39 is 6.10 Å². The third kappa shape index (κ3) is 4.63. The van der Waals surface area contributed by atoms with E-state index >= 15 is 0 Å². The van der Waals surface area contributed by atoms with Crippen LogP contribution in [0.15, 0.2) is 35.7 Å². The van der Waals surface area contributed by atoms with Gasteiger partial charge in [0.2, 0.25) is 0 Å². The Hall–Kier alpha value is -1.23. The van der Waals surface area contributed by atoms with Crippen molar-refractivity contribution >= 4 is 40.4 Å². The first-order valence-corrected chi connectivity index (χ1v) is 8.15. The molecule has 1 heterocycles. The summed E-state index contributed by atoms with van der Waals surface area (Å²) >= 11 is 13.4. The van der Waals surface area contributed by atoms with Gasteiger partial charge in [0.05, 0.1) is 16.6 Å². The van der Waals surface area contributed by atoms with Crippen molar-refractivity contribution in [3.63, 3.8) is 0 Å². The van der Waals surface area contributed by atoms with Crippen LogP contribution in [0, 0.1) is 0 Å². The van der Waals surface area contributed by atoms with E-state index in [1.54, 1.807) is 29.5 Å². The first kappa shape index (κ1) is 16.1. The molecule has 3 nitrogen and oxygen atoms in total. The number of rotatable bonds is 6. The van der Waals surface area contributed by atoms with Crippen molar-refractivity contribution in [2.24, 2.45) is 0 Å². The zero-order chi connectivity index (χ0) is 15.2. The van der Waals surface area contributed by atoms with E-state index in [2.05, 4.69) is 5.32 Å². The highest BCUT2D eigenvalue weighted by molar-refractivity contribution is 7.09. The number of carbonyl (C=O) groups excluding carboxylic acids is 1. The zero-order valence-electron chi connectivity index (χ0n) is 11.4. The number of nitrogens with one attached hydrogen (secondary N) is 1. The summed E-state index contributed by atoms with van der Waals surface area (Å²) in [4.78, 5) is 13.2. The molecule has 2 aromatic rings. The van der Waals surface area contributed by atoms with Gasteiger partial charge in [0, 0.05) is 10.9 Å². The minimum Gasteiger partial charge on any atom is -0.481 e. The second kappa shape index (κ2) is 7.69. The summed E-state index contributed by atoms with van der Waals surface area (Å²) in [5, 5.41) is 5.71. The van der Waals surface area contributed by atoms with Crippen molar-refractivity contribution < 1.29 is 9.53 Å². The Balaban J connectivity index is 1.95. The van der Waals surface area contributed by atoms with Crippen LogP contribution in [0.4, 0.5) is 0 Å². The van der Waals surface area contributed by atoms with Crippen LogP contribution in [0.25, 0.3) is 0 Å². The van der Waals surface area contributed by atoms with Crippen LogP contribution in [0.3, 0.4) is 0 Å².